The number of benzene rings is 1. The molecule has 1 aliphatic heterocycles. The maximum atomic E-state index is 13.0. The van der Waals surface area contributed by atoms with Crippen LogP contribution in [0.15, 0.2) is 42.7 Å². The van der Waals surface area contributed by atoms with E-state index in [0.29, 0.717) is 29.5 Å². The fourth-order valence-corrected chi connectivity index (χ4v) is 4.37. The number of fused-ring (bicyclic) bond motifs is 1. The van der Waals surface area contributed by atoms with Crippen LogP contribution in [0.4, 0.5) is 0 Å². The highest BCUT2D eigenvalue weighted by Crippen LogP contribution is 2.26. The number of pyridine rings is 1. The molecule has 7 heteroatoms. The van der Waals surface area contributed by atoms with Gasteiger partial charge in [0.2, 0.25) is 0 Å². The quantitative estimate of drug-likeness (QED) is 0.606. The Morgan fingerprint density at radius 3 is 2.66 bits per heavy atom. The molecule has 3 heterocycles. The first kappa shape index (κ1) is 24.2. The molecule has 2 aromatic heterocycles. The van der Waals surface area contributed by atoms with Gasteiger partial charge < -0.3 is 19.7 Å². The molecule has 0 bridgehead atoms. The molecule has 0 aliphatic carbocycles. The smallest absolute Gasteiger partial charge is 0.274 e. The number of β-amino-alcohol motifs (C(OH)–C–C–N with tert-alkyl or cyclic N) is 1. The van der Waals surface area contributed by atoms with E-state index in [1.165, 1.54) is 11.1 Å². The first-order valence-corrected chi connectivity index (χ1v) is 11.7. The van der Waals surface area contributed by atoms with Crippen molar-refractivity contribution in [1.82, 2.24) is 19.6 Å². The van der Waals surface area contributed by atoms with Gasteiger partial charge in [-0.15, -0.1) is 0 Å². The van der Waals surface area contributed by atoms with Crippen molar-refractivity contribution >= 4 is 23.2 Å². The molecule has 1 saturated heterocycles. The number of imidazole rings is 1. The third-order valence-electron chi connectivity index (χ3n) is 6.00. The molecule has 0 radical (unpaired) electrons. The Morgan fingerprint density at radius 1 is 1.25 bits per heavy atom. The fraction of sp³-hybridized carbons (Fsp3) is 0.440. The predicted octanol–water partition coefficient (Wildman–Crippen LogP) is 4.11. The molecule has 2 unspecified atom stereocenters. The topological polar surface area (TPSA) is 69.9 Å². The van der Waals surface area contributed by atoms with Crippen molar-refractivity contribution < 1.29 is 9.90 Å². The number of nitrogens with zero attached hydrogens (tertiary/aromatic N) is 3. The lowest BCUT2D eigenvalue weighted by atomic mass is 9.86. The van der Waals surface area contributed by atoms with Crippen LogP contribution >= 0.6 is 11.6 Å². The number of rotatable bonds is 5. The van der Waals surface area contributed by atoms with Crippen molar-refractivity contribution in [3.63, 3.8) is 0 Å². The Morgan fingerprint density at radius 2 is 1.97 bits per heavy atom. The molecule has 2 N–H and O–H groups in total. The van der Waals surface area contributed by atoms with Crippen molar-refractivity contribution in [2.45, 2.75) is 46.3 Å². The third-order valence-corrected chi connectivity index (χ3v) is 6.41. The summed E-state index contributed by atoms with van der Waals surface area (Å²) in [5, 5.41) is 14.6. The van der Waals surface area contributed by atoms with Crippen LogP contribution in [0.2, 0.25) is 5.02 Å². The number of aryl methyl sites for hydroxylation is 1. The zero-order chi connectivity index (χ0) is 23.3. The molecule has 6 nitrogen and oxygen atoms in total. The Kier molecular flexibility index (Phi) is 8.29. The largest absolute Gasteiger partial charge is 0.391 e. The van der Waals surface area contributed by atoms with Crippen LogP contribution in [-0.2, 0) is 13.0 Å². The zero-order valence-corrected chi connectivity index (χ0v) is 20.1. The number of amides is 1. The highest BCUT2D eigenvalue weighted by Gasteiger charge is 2.32. The summed E-state index contributed by atoms with van der Waals surface area (Å²) in [5.41, 5.74) is 4.41. The molecule has 32 heavy (non-hydrogen) atoms. The van der Waals surface area contributed by atoms with Gasteiger partial charge in [-0.05, 0) is 49.9 Å². The van der Waals surface area contributed by atoms with E-state index in [1.807, 2.05) is 44.4 Å². The van der Waals surface area contributed by atoms with Gasteiger partial charge in [-0.2, -0.15) is 0 Å². The lowest BCUT2D eigenvalue weighted by molar-refractivity contribution is 0.0194. The van der Waals surface area contributed by atoms with Crippen LogP contribution in [0, 0.1) is 12.8 Å². The van der Waals surface area contributed by atoms with Gasteiger partial charge in [0, 0.05) is 42.6 Å². The summed E-state index contributed by atoms with van der Waals surface area (Å²) in [7, 11) is 1.94. The SMILES string of the molecule is CC.CNCc1ccccc1CC1CCN(C(=O)c2cn3ccc(Cl)c(C)c3n2)CC1O. The number of hydrogen-bond donors (Lipinski definition) is 2. The molecule has 3 aromatic rings. The van der Waals surface area contributed by atoms with E-state index in [2.05, 4.69) is 22.4 Å². The van der Waals surface area contributed by atoms with E-state index in [-0.39, 0.29) is 11.8 Å². The molecule has 1 amide bonds. The summed E-state index contributed by atoms with van der Waals surface area (Å²) in [6.45, 7) is 7.63. The van der Waals surface area contributed by atoms with Crippen LogP contribution in [0.25, 0.3) is 5.65 Å². The second-order valence-corrected chi connectivity index (χ2v) is 8.42. The number of halogens is 1. The minimum absolute atomic E-state index is 0.133. The summed E-state index contributed by atoms with van der Waals surface area (Å²) in [6, 6.07) is 10.1. The van der Waals surface area contributed by atoms with E-state index >= 15 is 0 Å². The van der Waals surface area contributed by atoms with Crippen LogP contribution in [0.5, 0.6) is 0 Å². The van der Waals surface area contributed by atoms with Crippen molar-refractivity contribution in [3.8, 4) is 0 Å². The lowest BCUT2D eigenvalue weighted by Crippen LogP contribution is -2.47. The monoisotopic (exact) mass is 456 g/mol. The number of likely N-dealkylation sites (tertiary alicyclic amines) is 1. The molecular weight excluding hydrogens is 424 g/mol. The minimum atomic E-state index is -0.557. The summed E-state index contributed by atoms with van der Waals surface area (Å²) in [5.74, 6) is -0.0171. The number of aliphatic hydroxyl groups is 1. The minimum Gasteiger partial charge on any atom is -0.391 e. The van der Waals surface area contributed by atoms with Crippen molar-refractivity contribution in [2.75, 3.05) is 20.1 Å². The normalized spacial score (nSPS) is 18.4. The number of carbonyl (C=O) groups excluding carboxylic acids is 1. The number of aliphatic hydroxyl groups excluding tert-OH is 1. The van der Waals surface area contributed by atoms with Crippen LogP contribution < -0.4 is 5.32 Å². The average Bonchev–Trinajstić information content (AvgIpc) is 3.25. The number of aromatic nitrogens is 2. The van der Waals surface area contributed by atoms with Crippen molar-refractivity contribution in [3.05, 3.63) is 70.1 Å². The van der Waals surface area contributed by atoms with Crippen LogP contribution in [-0.4, -0.2) is 51.5 Å². The van der Waals surface area contributed by atoms with E-state index in [0.717, 1.165) is 24.9 Å². The molecule has 0 saturated carbocycles. The maximum Gasteiger partial charge on any atom is 0.274 e. The van der Waals surface area contributed by atoms with E-state index in [1.54, 1.807) is 23.4 Å². The Bertz CT molecular complexity index is 1070. The molecular formula is C25H33ClN4O2. The standard InChI is InChI=1S/C23H27ClN4O2.C2H6/c1-15-19(24)8-10-27-13-20(26-22(15)27)23(30)28-9-7-17(21(29)14-28)11-16-5-3-4-6-18(16)12-25-2;1-2/h3-6,8,10,13,17,21,25,29H,7,9,11-12,14H2,1-2H3;1-2H3. The lowest BCUT2D eigenvalue weighted by Gasteiger charge is -2.36. The van der Waals surface area contributed by atoms with Gasteiger partial charge in [-0.3, -0.25) is 4.79 Å². The fourth-order valence-electron chi connectivity index (χ4n) is 4.23. The van der Waals surface area contributed by atoms with Gasteiger partial charge in [0.15, 0.2) is 0 Å². The van der Waals surface area contributed by atoms with Gasteiger partial charge in [-0.1, -0.05) is 49.7 Å². The van der Waals surface area contributed by atoms with E-state index < -0.39 is 6.10 Å². The summed E-state index contributed by atoms with van der Waals surface area (Å²) in [6.07, 6.45) is 4.55. The second-order valence-electron chi connectivity index (χ2n) is 8.02. The first-order valence-electron chi connectivity index (χ1n) is 11.3. The zero-order valence-electron chi connectivity index (χ0n) is 19.3. The number of piperidine rings is 1. The molecule has 1 aliphatic rings. The van der Waals surface area contributed by atoms with Crippen LogP contribution in [0.1, 0.15) is 47.4 Å². The number of carbonyl (C=O) groups is 1. The Balaban J connectivity index is 0.00000141. The summed E-state index contributed by atoms with van der Waals surface area (Å²) < 4.78 is 1.82. The third kappa shape index (κ3) is 5.14. The van der Waals surface area contributed by atoms with Crippen molar-refractivity contribution in [2.24, 2.45) is 5.92 Å². The first-order chi connectivity index (χ1) is 15.5. The maximum absolute atomic E-state index is 13.0. The molecule has 1 aromatic carbocycles. The highest BCUT2D eigenvalue weighted by atomic mass is 35.5. The van der Waals surface area contributed by atoms with E-state index in [4.69, 9.17) is 11.6 Å². The average molecular weight is 457 g/mol. The highest BCUT2D eigenvalue weighted by molar-refractivity contribution is 6.31. The molecule has 172 valence electrons. The molecule has 0 spiro atoms. The Labute approximate surface area is 195 Å². The van der Waals surface area contributed by atoms with Gasteiger partial charge in [0.05, 0.1) is 6.10 Å². The van der Waals surface area contributed by atoms with Crippen molar-refractivity contribution in [1.29, 1.82) is 0 Å². The van der Waals surface area contributed by atoms with Gasteiger partial charge in [0.25, 0.3) is 5.91 Å². The molecule has 2 atom stereocenters. The second kappa shape index (κ2) is 10.9. The number of hydrogen-bond acceptors (Lipinski definition) is 4. The Hall–Kier alpha value is -2.41. The van der Waals surface area contributed by atoms with E-state index in [9.17, 15) is 9.90 Å². The van der Waals surface area contributed by atoms with Gasteiger partial charge >= 0.3 is 0 Å². The molecule has 4 rings (SSSR count). The number of nitrogens with one attached hydrogen (secondary N) is 1. The van der Waals surface area contributed by atoms with Crippen LogP contribution in [0.3, 0.4) is 0 Å². The van der Waals surface area contributed by atoms with Gasteiger partial charge in [-0.25, -0.2) is 4.98 Å². The summed E-state index contributed by atoms with van der Waals surface area (Å²) in [4.78, 5) is 19.2. The van der Waals surface area contributed by atoms with Gasteiger partial charge in [0.1, 0.15) is 11.3 Å². The predicted molar refractivity (Wildman–Crippen MR) is 129 cm³/mol. The molecule has 1 fully saturated rings. The summed E-state index contributed by atoms with van der Waals surface area (Å²) >= 11 is 6.17.